The summed E-state index contributed by atoms with van der Waals surface area (Å²) in [5.41, 5.74) is 10.2. The number of nitrogens with zero attached hydrogens (tertiary/aromatic N) is 2. The van der Waals surface area contributed by atoms with Crippen LogP contribution in [0.2, 0.25) is 0 Å². The highest BCUT2D eigenvalue weighted by Crippen LogP contribution is 2.37. The Morgan fingerprint density at radius 1 is 1.17 bits per heavy atom. The molecule has 2 aromatic rings. The molecule has 1 aliphatic heterocycles. The van der Waals surface area contributed by atoms with Crippen LogP contribution in [0, 0.1) is 25.2 Å². The van der Waals surface area contributed by atoms with Crippen LogP contribution in [0.5, 0.6) is 0 Å². The van der Waals surface area contributed by atoms with E-state index in [1.807, 2.05) is 32.9 Å². The second-order valence-corrected chi connectivity index (χ2v) is 7.59. The normalized spacial score (nSPS) is 15.8. The van der Waals surface area contributed by atoms with Crippen molar-refractivity contribution in [3.63, 3.8) is 0 Å². The van der Waals surface area contributed by atoms with Crippen LogP contribution in [0.3, 0.4) is 0 Å². The van der Waals surface area contributed by atoms with Crippen molar-refractivity contribution in [2.45, 2.75) is 26.4 Å². The van der Waals surface area contributed by atoms with Crippen LogP contribution < -0.4 is 11.1 Å². The van der Waals surface area contributed by atoms with Gasteiger partial charge >= 0.3 is 0 Å². The molecule has 3 rings (SSSR count). The van der Waals surface area contributed by atoms with Gasteiger partial charge in [-0.25, -0.2) is 4.39 Å². The van der Waals surface area contributed by atoms with Crippen LogP contribution in [-0.4, -0.2) is 30.9 Å². The number of likely N-dealkylation sites (tertiary alicyclic amines) is 1. The van der Waals surface area contributed by atoms with Crippen molar-refractivity contribution >= 4 is 11.6 Å². The molecule has 1 amide bonds. The van der Waals surface area contributed by atoms with E-state index in [0.29, 0.717) is 22.4 Å². The minimum atomic E-state index is -1.59. The Morgan fingerprint density at radius 3 is 2.31 bits per heavy atom. The van der Waals surface area contributed by atoms with Crippen molar-refractivity contribution in [2.75, 3.05) is 20.1 Å². The molecule has 0 saturated carbocycles. The molecule has 1 saturated heterocycles. The molecule has 0 aromatic heterocycles. The summed E-state index contributed by atoms with van der Waals surface area (Å²) in [6.07, 6.45) is 0. The van der Waals surface area contributed by atoms with E-state index >= 15 is 4.39 Å². The molecule has 2 aromatic carbocycles. The summed E-state index contributed by atoms with van der Waals surface area (Å²) in [5.74, 6) is -0.208. The number of nitriles is 1. The largest absolute Gasteiger partial charge is 0.397 e. The maximum Gasteiger partial charge on any atom is 0.254 e. The number of carbonyl (C=O) groups is 1. The summed E-state index contributed by atoms with van der Waals surface area (Å²) in [6, 6.07) is 12.2. The average Bonchev–Trinajstić information content (AvgIpc) is 2.70. The van der Waals surface area contributed by atoms with E-state index in [0.717, 1.165) is 22.4 Å². The molecule has 150 valence electrons. The Hall–Kier alpha value is -3.33. The molecular formula is C23H25FN4O. The quantitative estimate of drug-likeness (QED) is 0.836. The summed E-state index contributed by atoms with van der Waals surface area (Å²) in [7, 11) is 1.79. The van der Waals surface area contributed by atoms with Gasteiger partial charge in [0.05, 0.1) is 30.4 Å². The first-order valence-electron chi connectivity index (χ1n) is 9.44. The van der Waals surface area contributed by atoms with E-state index in [9.17, 15) is 4.79 Å². The first kappa shape index (κ1) is 20.4. The molecule has 3 N–H and O–H groups in total. The molecule has 0 atom stereocenters. The number of alkyl halides is 1. The number of hydrogen-bond donors (Lipinski definition) is 2. The lowest BCUT2D eigenvalue weighted by molar-refractivity contribution is -0.0231. The second-order valence-electron chi connectivity index (χ2n) is 7.59. The van der Waals surface area contributed by atoms with Gasteiger partial charge in [-0.1, -0.05) is 18.2 Å². The maximum atomic E-state index is 15.2. The number of benzene rings is 2. The van der Waals surface area contributed by atoms with Crippen molar-refractivity contribution in [2.24, 2.45) is 5.73 Å². The topological polar surface area (TPSA) is 82.2 Å². The number of rotatable bonds is 4. The van der Waals surface area contributed by atoms with Crippen molar-refractivity contribution in [3.05, 3.63) is 75.5 Å². The summed E-state index contributed by atoms with van der Waals surface area (Å²) in [5, 5.41) is 11.9. The van der Waals surface area contributed by atoms with E-state index in [2.05, 4.69) is 5.32 Å². The Bertz CT molecular complexity index is 1030. The number of nitrogens with two attached hydrogens (primary N) is 1. The van der Waals surface area contributed by atoms with E-state index < -0.39 is 5.67 Å². The van der Waals surface area contributed by atoms with Gasteiger partial charge in [0.15, 0.2) is 5.67 Å². The van der Waals surface area contributed by atoms with E-state index in [4.69, 9.17) is 11.0 Å². The number of halogens is 1. The van der Waals surface area contributed by atoms with Crippen LogP contribution in [0.1, 0.15) is 45.1 Å². The fraction of sp³-hybridized carbons (Fsp3) is 0.304. The number of amides is 1. The van der Waals surface area contributed by atoms with Crippen molar-refractivity contribution in [1.82, 2.24) is 10.2 Å². The third-order valence-electron chi connectivity index (χ3n) is 5.57. The van der Waals surface area contributed by atoms with Gasteiger partial charge in [0.2, 0.25) is 0 Å². The lowest BCUT2D eigenvalue weighted by Gasteiger charge is -2.45. The molecule has 6 heteroatoms. The molecule has 29 heavy (non-hydrogen) atoms. The standard InChI is InChI=1S/C23H25FN4O/c1-14-9-15(2)20(10-19(14)21(26)16(3)27-4)22(29)28-12-23(24,13-28)18-7-5-17(11-25)6-8-18/h5-10,27H,12-13,26H2,1-4H3/b21-16-. The van der Waals surface area contributed by atoms with E-state index in [1.165, 1.54) is 4.90 Å². The first-order chi connectivity index (χ1) is 13.7. The Kier molecular flexibility index (Phi) is 5.34. The Morgan fingerprint density at radius 2 is 1.76 bits per heavy atom. The molecule has 0 unspecified atom stereocenters. The third-order valence-corrected chi connectivity index (χ3v) is 5.57. The van der Waals surface area contributed by atoms with Gasteiger partial charge in [-0.15, -0.1) is 0 Å². The Balaban J connectivity index is 1.84. The maximum absolute atomic E-state index is 15.2. The first-order valence-corrected chi connectivity index (χ1v) is 9.44. The molecular weight excluding hydrogens is 367 g/mol. The molecule has 0 radical (unpaired) electrons. The highest BCUT2D eigenvalue weighted by atomic mass is 19.1. The fourth-order valence-corrected chi connectivity index (χ4v) is 3.61. The minimum Gasteiger partial charge on any atom is -0.397 e. The monoisotopic (exact) mass is 392 g/mol. The number of allylic oxidation sites excluding steroid dienone is 1. The van der Waals surface area contributed by atoms with Crippen LogP contribution in [0.15, 0.2) is 42.1 Å². The van der Waals surface area contributed by atoms with Crippen molar-refractivity contribution < 1.29 is 9.18 Å². The summed E-state index contributed by atoms with van der Waals surface area (Å²) >= 11 is 0. The number of nitrogens with one attached hydrogen (secondary N) is 1. The van der Waals surface area contributed by atoms with Gasteiger partial charge in [-0.3, -0.25) is 4.79 Å². The number of hydrogen-bond acceptors (Lipinski definition) is 4. The predicted octanol–water partition coefficient (Wildman–Crippen LogP) is 3.36. The predicted molar refractivity (Wildman–Crippen MR) is 112 cm³/mol. The van der Waals surface area contributed by atoms with E-state index in [1.54, 1.807) is 37.4 Å². The van der Waals surface area contributed by atoms with Gasteiger partial charge in [0.25, 0.3) is 5.91 Å². The molecule has 1 fully saturated rings. The summed E-state index contributed by atoms with van der Waals surface area (Å²) in [6.45, 7) is 5.68. The lowest BCUT2D eigenvalue weighted by Crippen LogP contribution is -2.58. The van der Waals surface area contributed by atoms with Crippen LogP contribution >= 0.6 is 0 Å². The zero-order chi connectivity index (χ0) is 21.3. The summed E-state index contributed by atoms with van der Waals surface area (Å²) in [4.78, 5) is 14.5. The van der Waals surface area contributed by atoms with E-state index in [-0.39, 0.29) is 19.0 Å². The molecule has 0 aliphatic carbocycles. The van der Waals surface area contributed by atoms with Crippen molar-refractivity contribution in [1.29, 1.82) is 5.26 Å². The second kappa shape index (κ2) is 7.59. The lowest BCUT2D eigenvalue weighted by atomic mass is 9.86. The summed E-state index contributed by atoms with van der Waals surface area (Å²) < 4.78 is 15.2. The number of carbonyl (C=O) groups excluding carboxylic acids is 1. The molecule has 5 nitrogen and oxygen atoms in total. The molecule has 1 aliphatic rings. The zero-order valence-corrected chi connectivity index (χ0v) is 17.1. The van der Waals surface area contributed by atoms with Crippen LogP contribution in [-0.2, 0) is 5.67 Å². The highest BCUT2D eigenvalue weighted by molar-refractivity contribution is 5.97. The van der Waals surface area contributed by atoms with Gasteiger partial charge in [0.1, 0.15) is 0 Å². The third kappa shape index (κ3) is 3.68. The van der Waals surface area contributed by atoms with Crippen LogP contribution in [0.4, 0.5) is 4.39 Å². The molecule has 0 bridgehead atoms. The molecule has 1 heterocycles. The van der Waals surface area contributed by atoms with Gasteiger partial charge in [0, 0.05) is 23.9 Å². The van der Waals surface area contributed by atoms with Crippen LogP contribution in [0.25, 0.3) is 5.70 Å². The van der Waals surface area contributed by atoms with Gasteiger partial charge in [-0.2, -0.15) is 5.26 Å². The SMILES string of the molecule is CN/C(C)=C(\N)c1cc(C(=O)N2CC(F)(c3ccc(C#N)cc3)C2)c(C)cc1C. The Labute approximate surface area is 170 Å². The average molecular weight is 392 g/mol. The minimum absolute atomic E-state index is 0.0127. The number of aryl methyl sites for hydroxylation is 2. The van der Waals surface area contributed by atoms with Gasteiger partial charge < -0.3 is 16.0 Å². The molecule has 0 spiro atoms. The fourth-order valence-electron chi connectivity index (χ4n) is 3.61. The smallest absolute Gasteiger partial charge is 0.254 e. The van der Waals surface area contributed by atoms with Crippen molar-refractivity contribution in [3.8, 4) is 6.07 Å². The zero-order valence-electron chi connectivity index (χ0n) is 17.1. The van der Waals surface area contributed by atoms with Gasteiger partial charge in [-0.05, 0) is 55.7 Å². The highest BCUT2D eigenvalue weighted by Gasteiger charge is 2.47.